The van der Waals surface area contributed by atoms with Gasteiger partial charge in [-0.25, -0.2) is 0 Å². The molecule has 3 rings (SSSR count). The Bertz CT molecular complexity index is 621. The predicted molar refractivity (Wildman–Crippen MR) is 88.1 cm³/mol. The first kappa shape index (κ1) is 14.8. The van der Waals surface area contributed by atoms with E-state index >= 15 is 0 Å². The van der Waals surface area contributed by atoms with Crippen molar-refractivity contribution in [2.24, 2.45) is 0 Å². The van der Waals surface area contributed by atoms with Gasteiger partial charge in [0.25, 0.3) is 0 Å². The second kappa shape index (κ2) is 5.92. The third-order valence-electron chi connectivity index (χ3n) is 4.64. The maximum Gasteiger partial charge on any atom is 0.165 e. The molecule has 1 aliphatic rings. The fourth-order valence-corrected chi connectivity index (χ4v) is 3.32. The van der Waals surface area contributed by atoms with E-state index in [1.54, 1.807) is 0 Å². The van der Waals surface area contributed by atoms with Crippen LogP contribution in [0.5, 0.6) is 0 Å². The predicted octanol–water partition coefficient (Wildman–Crippen LogP) is 3.26. The van der Waals surface area contributed by atoms with Crippen molar-refractivity contribution >= 4 is 0 Å². The van der Waals surface area contributed by atoms with Crippen LogP contribution in [-0.2, 0) is 0 Å². The molecule has 1 saturated heterocycles. The summed E-state index contributed by atoms with van der Waals surface area (Å²) < 4.78 is 0. The summed E-state index contributed by atoms with van der Waals surface area (Å²) in [6.45, 7) is 0.931. The molecule has 0 spiro atoms. The van der Waals surface area contributed by atoms with Gasteiger partial charge in [-0.3, -0.25) is 9.80 Å². The summed E-state index contributed by atoms with van der Waals surface area (Å²) >= 11 is 0. The molecule has 0 saturated carbocycles. The standard InChI is InChI=1S/C19H21N3/c1-21(2)19(15-20)13-14-22(19)18(16-9-5-3-6-10-16)17-11-7-4-8-12-17/h3-12,18H,13-14H2,1-2H3. The van der Waals surface area contributed by atoms with Crippen LogP contribution in [0.2, 0.25) is 0 Å². The largest absolute Gasteiger partial charge is 0.279 e. The highest BCUT2D eigenvalue weighted by molar-refractivity contribution is 5.34. The summed E-state index contributed by atoms with van der Waals surface area (Å²) in [5.41, 5.74) is 1.95. The van der Waals surface area contributed by atoms with Gasteiger partial charge < -0.3 is 0 Å². The Morgan fingerprint density at radius 3 is 1.82 bits per heavy atom. The quantitative estimate of drug-likeness (QED) is 0.866. The highest BCUT2D eigenvalue weighted by Crippen LogP contribution is 2.42. The lowest BCUT2D eigenvalue weighted by Gasteiger charge is -2.55. The molecule has 1 heterocycles. The molecule has 1 aliphatic heterocycles. The molecule has 0 aromatic heterocycles. The van der Waals surface area contributed by atoms with Crippen LogP contribution in [0.15, 0.2) is 60.7 Å². The Balaban J connectivity index is 2.06. The van der Waals surface area contributed by atoms with E-state index in [0.717, 1.165) is 13.0 Å². The summed E-state index contributed by atoms with van der Waals surface area (Å²) in [6, 6.07) is 23.6. The van der Waals surface area contributed by atoms with Crippen molar-refractivity contribution in [1.82, 2.24) is 9.80 Å². The van der Waals surface area contributed by atoms with Gasteiger partial charge in [0.1, 0.15) is 6.07 Å². The highest BCUT2D eigenvalue weighted by Gasteiger charge is 2.51. The first-order valence-electron chi connectivity index (χ1n) is 7.64. The van der Waals surface area contributed by atoms with Crippen molar-refractivity contribution in [3.63, 3.8) is 0 Å². The molecule has 1 unspecified atom stereocenters. The zero-order chi connectivity index (χ0) is 15.6. The maximum atomic E-state index is 9.79. The van der Waals surface area contributed by atoms with Gasteiger partial charge in [-0.2, -0.15) is 5.26 Å². The van der Waals surface area contributed by atoms with Gasteiger partial charge in [-0.1, -0.05) is 60.7 Å². The average molecular weight is 291 g/mol. The Kier molecular flexibility index (Phi) is 3.98. The van der Waals surface area contributed by atoms with Crippen LogP contribution in [0.1, 0.15) is 23.6 Å². The number of nitrogens with zero attached hydrogens (tertiary/aromatic N) is 3. The van der Waals surface area contributed by atoms with Crippen LogP contribution in [-0.4, -0.2) is 36.1 Å². The molecule has 112 valence electrons. The highest BCUT2D eigenvalue weighted by atomic mass is 15.4. The van der Waals surface area contributed by atoms with Crippen LogP contribution in [0.4, 0.5) is 0 Å². The van der Waals surface area contributed by atoms with E-state index in [-0.39, 0.29) is 6.04 Å². The minimum Gasteiger partial charge on any atom is -0.279 e. The Morgan fingerprint density at radius 2 is 1.50 bits per heavy atom. The Hall–Kier alpha value is -2.15. The molecule has 0 N–H and O–H groups in total. The molecule has 0 amide bonds. The minimum atomic E-state index is -0.518. The normalized spacial score (nSPS) is 21.6. The first-order chi connectivity index (χ1) is 10.7. The smallest absolute Gasteiger partial charge is 0.165 e. The monoisotopic (exact) mass is 291 g/mol. The third kappa shape index (κ3) is 2.31. The van der Waals surface area contributed by atoms with Gasteiger partial charge in [-0.15, -0.1) is 0 Å². The van der Waals surface area contributed by atoms with Gasteiger partial charge in [0.15, 0.2) is 5.66 Å². The van der Waals surface area contributed by atoms with Crippen LogP contribution in [0.25, 0.3) is 0 Å². The average Bonchev–Trinajstić information content (AvgIpc) is 2.53. The molecule has 2 aromatic rings. The molecule has 0 aliphatic carbocycles. The van der Waals surface area contributed by atoms with E-state index in [1.807, 2.05) is 31.1 Å². The zero-order valence-corrected chi connectivity index (χ0v) is 13.1. The molecule has 2 aromatic carbocycles. The molecule has 1 atom stereocenters. The van der Waals surface area contributed by atoms with E-state index in [9.17, 15) is 5.26 Å². The van der Waals surface area contributed by atoms with Crippen molar-refractivity contribution in [1.29, 1.82) is 5.26 Å². The topological polar surface area (TPSA) is 30.3 Å². The molecule has 0 bridgehead atoms. The summed E-state index contributed by atoms with van der Waals surface area (Å²) in [6.07, 6.45) is 0.882. The number of rotatable bonds is 4. The molecule has 3 nitrogen and oxygen atoms in total. The molecule has 1 fully saturated rings. The lowest BCUT2D eigenvalue weighted by atomic mass is 9.86. The van der Waals surface area contributed by atoms with E-state index in [2.05, 4.69) is 59.5 Å². The first-order valence-corrected chi connectivity index (χ1v) is 7.64. The van der Waals surface area contributed by atoms with E-state index in [4.69, 9.17) is 0 Å². The van der Waals surface area contributed by atoms with Crippen molar-refractivity contribution < 1.29 is 0 Å². The Morgan fingerprint density at radius 1 is 1.00 bits per heavy atom. The fraction of sp³-hybridized carbons (Fsp3) is 0.316. The van der Waals surface area contributed by atoms with E-state index in [1.165, 1.54) is 11.1 Å². The van der Waals surface area contributed by atoms with Crippen molar-refractivity contribution in [2.45, 2.75) is 18.1 Å². The number of likely N-dealkylation sites (tertiary alicyclic amines) is 1. The molecule has 22 heavy (non-hydrogen) atoms. The third-order valence-corrected chi connectivity index (χ3v) is 4.64. The van der Waals surface area contributed by atoms with Crippen molar-refractivity contribution in [2.75, 3.05) is 20.6 Å². The molecular weight excluding hydrogens is 270 g/mol. The van der Waals surface area contributed by atoms with Gasteiger partial charge in [0.2, 0.25) is 0 Å². The molecule has 3 heteroatoms. The van der Waals surface area contributed by atoms with E-state index in [0.29, 0.717) is 0 Å². The fourth-order valence-electron chi connectivity index (χ4n) is 3.32. The van der Waals surface area contributed by atoms with Gasteiger partial charge in [-0.05, 0) is 25.2 Å². The van der Waals surface area contributed by atoms with Gasteiger partial charge in [0, 0.05) is 13.0 Å². The summed E-state index contributed by atoms with van der Waals surface area (Å²) in [7, 11) is 3.98. The van der Waals surface area contributed by atoms with Crippen molar-refractivity contribution in [3.8, 4) is 6.07 Å². The lowest BCUT2D eigenvalue weighted by Crippen LogP contribution is -2.67. The lowest BCUT2D eigenvalue weighted by molar-refractivity contribution is -0.0887. The second-order valence-electron chi connectivity index (χ2n) is 5.99. The van der Waals surface area contributed by atoms with Crippen LogP contribution in [0, 0.1) is 11.3 Å². The summed E-state index contributed by atoms with van der Waals surface area (Å²) in [5.74, 6) is 0. The SMILES string of the molecule is CN(C)C1(C#N)CCN1C(c1ccccc1)c1ccccc1. The number of benzene rings is 2. The van der Waals surface area contributed by atoms with Gasteiger partial charge in [0.05, 0.1) is 6.04 Å². The van der Waals surface area contributed by atoms with Crippen LogP contribution < -0.4 is 0 Å². The van der Waals surface area contributed by atoms with Crippen LogP contribution in [0.3, 0.4) is 0 Å². The number of hydrogen-bond acceptors (Lipinski definition) is 3. The number of hydrogen-bond donors (Lipinski definition) is 0. The summed E-state index contributed by atoms with van der Waals surface area (Å²) in [4.78, 5) is 4.34. The van der Waals surface area contributed by atoms with Crippen molar-refractivity contribution in [3.05, 3.63) is 71.8 Å². The number of nitriles is 1. The maximum absolute atomic E-state index is 9.79. The van der Waals surface area contributed by atoms with Crippen LogP contribution >= 0.6 is 0 Å². The van der Waals surface area contributed by atoms with E-state index < -0.39 is 5.66 Å². The zero-order valence-electron chi connectivity index (χ0n) is 13.1. The molecule has 0 radical (unpaired) electrons. The molecular formula is C19H21N3. The Labute approximate surface area is 132 Å². The summed E-state index contributed by atoms with van der Waals surface area (Å²) in [5, 5.41) is 9.79. The minimum absolute atomic E-state index is 0.109. The second-order valence-corrected chi connectivity index (χ2v) is 5.99. The van der Waals surface area contributed by atoms with Gasteiger partial charge >= 0.3 is 0 Å².